The van der Waals surface area contributed by atoms with Crippen molar-refractivity contribution >= 4 is 12.1 Å². The van der Waals surface area contributed by atoms with Crippen molar-refractivity contribution < 1.29 is 28.2 Å². The molecule has 0 unspecified atom stereocenters. The number of cyclic esters (lactones) is 1. The lowest BCUT2D eigenvalue weighted by molar-refractivity contribution is 0.155. The molecule has 186 valence electrons. The molecule has 2 N–H and O–H groups in total. The molecule has 9 heteroatoms. The first-order valence-corrected chi connectivity index (χ1v) is 12.1. The Bertz CT molecular complexity index is 1110. The lowest BCUT2D eigenvalue weighted by Gasteiger charge is -2.35. The molecule has 5 rings (SSSR count). The van der Waals surface area contributed by atoms with Crippen LogP contribution < -0.4 is 5.32 Å². The summed E-state index contributed by atoms with van der Waals surface area (Å²) in [6.45, 7) is 1.44. The lowest BCUT2D eigenvalue weighted by atomic mass is 9.81. The van der Waals surface area contributed by atoms with Crippen LogP contribution in [0, 0.1) is 11.6 Å². The molecule has 0 bridgehead atoms. The molecule has 0 radical (unpaired) electrons. The molecule has 2 heterocycles. The smallest absolute Gasteiger partial charge is 0.418 e. The number of imide groups is 1. The SMILES string of the molecule is O=C(N[C@@H]1CCN([C@H]2CC[C@@H](c3ccccc3O)CC2)C1)N1C(=O)OC[C@@H]1c1ccc(F)c(F)c1. The molecule has 7 nitrogen and oxygen atoms in total. The molecule has 0 aromatic heterocycles. The van der Waals surface area contributed by atoms with E-state index in [2.05, 4.69) is 10.2 Å². The quantitative estimate of drug-likeness (QED) is 0.658. The number of ether oxygens (including phenoxy) is 1. The van der Waals surface area contributed by atoms with E-state index in [0.29, 0.717) is 29.8 Å². The second-order valence-electron chi connectivity index (χ2n) is 9.63. The van der Waals surface area contributed by atoms with Gasteiger partial charge in [-0.25, -0.2) is 23.3 Å². The lowest BCUT2D eigenvalue weighted by Crippen LogP contribution is -2.47. The molecule has 2 atom stereocenters. The zero-order valence-electron chi connectivity index (χ0n) is 19.3. The van der Waals surface area contributed by atoms with E-state index < -0.39 is 29.8 Å². The summed E-state index contributed by atoms with van der Waals surface area (Å²) in [6.07, 6.45) is 4.03. The maximum absolute atomic E-state index is 13.7. The maximum Gasteiger partial charge on any atom is 0.418 e. The number of nitrogens with zero attached hydrogens (tertiary/aromatic N) is 2. The fraction of sp³-hybridized carbons (Fsp3) is 0.462. The van der Waals surface area contributed by atoms with Gasteiger partial charge in [-0.2, -0.15) is 0 Å². The number of amides is 3. The van der Waals surface area contributed by atoms with Crippen LogP contribution in [0.5, 0.6) is 5.75 Å². The van der Waals surface area contributed by atoms with E-state index in [9.17, 15) is 23.5 Å². The van der Waals surface area contributed by atoms with Gasteiger partial charge in [-0.1, -0.05) is 24.3 Å². The zero-order valence-corrected chi connectivity index (χ0v) is 19.3. The number of halogens is 2. The monoisotopic (exact) mass is 485 g/mol. The molecule has 2 saturated heterocycles. The van der Waals surface area contributed by atoms with Crippen LogP contribution in [-0.2, 0) is 4.74 Å². The van der Waals surface area contributed by atoms with Crippen molar-refractivity contribution in [2.75, 3.05) is 19.7 Å². The van der Waals surface area contributed by atoms with Crippen molar-refractivity contribution in [2.24, 2.45) is 0 Å². The summed E-state index contributed by atoms with van der Waals surface area (Å²) in [5.74, 6) is -1.30. The van der Waals surface area contributed by atoms with Crippen LogP contribution in [0.3, 0.4) is 0 Å². The van der Waals surface area contributed by atoms with Gasteiger partial charge in [0.25, 0.3) is 0 Å². The van der Waals surface area contributed by atoms with Gasteiger partial charge in [-0.15, -0.1) is 0 Å². The number of hydrogen-bond donors (Lipinski definition) is 2. The van der Waals surface area contributed by atoms with E-state index in [4.69, 9.17) is 4.74 Å². The highest BCUT2D eigenvalue weighted by molar-refractivity contribution is 5.92. The second-order valence-corrected chi connectivity index (χ2v) is 9.63. The van der Waals surface area contributed by atoms with Gasteiger partial charge in [0, 0.05) is 25.2 Å². The third kappa shape index (κ3) is 4.82. The number of carbonyl (C=O) groups is 2. The van der Waals surface area contributed by atoms with Crippen LogP contribution in [-0.4, -0.2) is 58.8 Å². The Kier molecular flexibility index (Phi) is 6.60. The van der Waals surface area contributed by atoms with Crippen molar-refractivity contribution in [3.8, 4) is 5.75 Å². The van der Waals surface area contributed by atoms with Gasteiger partial charge < -0.3 is 15.2 Å². The molecule has 1 aliphatic carbocycles. The molecule has 2 aromatic rings. The number of hydrogen-bond acceptors (Lipinski definition) is 5. The first-order chi connectivity index (χ1) is 16.9. The summed E-state index contributed by atoms with van der Waals surface area (Å²) in [5, 5.41) is 13.1. The van der Waals surface area contributed by atoms with Crippen LogP contribution in [0.15, 0.2) is 42.5 Å². The number of carbonyl (C=O) groups excluding carboxylic acids is 2. The molecule has 2 aromatic carbocycles. The van der Waals surface area contributed by atoms with Gasteiger partial charge >= 0.3 is 12.1 Å². The van der Waals surface area contributed by atoms with Gasteiger partial charge in [0.05, 0.1) is 0 Å². The molecular weight excluding hydrogens is 456 g/mol. The van der Waals surface area contributed by atoms with Crippen molar-refractivity contribution in [1.82, 2.24) is 15.1 Å². The Morgan fingerprint density at radius 2 is 1.80 bits per heavy atom. The molecule has 35 heavy (non-hydrogen) atoms. The summed E-state index contributed by atoms with van der Waals surface area (Å²) in [6, 6.07) is 9.78. The number of rotatable bonds is 4. The third-order valence-electron chi connectivity index (χ3n) is 7.56. The number of nitrogens with one attached hydrogen (secondary N) is 1. The number of phenols is 1. The topological polar surface area (TPSA) is 82.1 Å². The predicted octanol–water partition coefficient (Wildman–Crippen LogP) is 4.67. The van der Waals surface area contributed by atoms with Crippen molar-refractivity contribution in [2.45, 2.75) is 56.1 Å². The molecule has 2 aliphatic heterocycles. The van der Waals surface area contributed by atoms with Crippen LogP contribution in [0.25, 0.3) is 0 Å². The van der Waals surface area contributed by atoms with E-state index in [-0.39, 0.29) is 12.6 Å². The van der Waals surface area contributed by atoms with E-state index in [1.165, 1.54) is 6.07 Å². The highest BCUT2D eigenvalue weighted by atomic mass is 19.2. The Labute approximate surface area is 202 Å². The fourth-order valence-corrected chi connectivity index (χ4v) is 5.68. The molecule has 0 spiro atoms. The summed E-state index contributed by atoms with van der Waals surface area (Å²) in [4.78, 5) is 28.6. The van der Waals surface area contributed by atoms with E-state index in [0.717, 1.165) is 61.2 Å². The normalized spacial score (nSPS) is 27.1. The molecule has 3 aliphatic rings. The standard InChI is InChI=1S/C26H29F2N3O4/c27-21-10-7-17(13-22(21)28)23-15-35-26(34)31(23)25(33)29-18-11-12-30(14-18)19-8-5-16(6-9-19)20-3-1-2-4-24(20)32/h1-4,7,10,13,16,18-19,23,32H,5-6,8-9,11-12,14-15H2,(H,29,33)/t16-,18-,19+,23-/m1/s1. The van der Waals surface area contributed by atoms with Gasteiger partial charge in [-0.3, -0.25) is 4.90 Å². The van der Waals surface area contributed by atoms with Crippen molar-refractivity contribution in [3.63, 3.8) is 0 Å². The minimum absolute atomic E-state index is 0.103. The fourth-order valence-electron chi connectivity index (χ4n) is 5.68. The summed E-state index contributed by atoms with van der Waals surface area (Å²) in [7, 11) is 0. The van der Waals surface area contributed by atoms with Crippen molar-refractivity contribution in [3.05, 3.63) is 65.2 Å². The minimum Gasteiger partial charge on any atom is -0.508 e. The number of para-hydroxylation sites is 1. The highest BCUT2D eigenvalue weighted by Gasteiger charge is 2.41. The van der Waals surface area contributed by atoms with Crippen molar-refractivity contribution in [1.29, 1.82) is 0 Å². The first kappa shape index (κ1) is 23.5. The average molecular weight is 486 g/mol. The number of likely N-dealkylation sites (tertiary alicyclic amines) is 1. The highest BCUT2D eigenvalue weighted by Crippen LogP contribution is 2.39. The summed E-state index contributed by atoms with van der Waals surface area (Å²) in [5.41, 5.74) is 1.32. The Hall–Kier alpha value is -3.20. The molecular formula is C26H29F2N3O4. The molecule has 3 fully saturated rings. The van der Waals surface area contributed by atoms with Gasteiger partial charge in [0.2, 0.25) is 0 Å². The number of benzene rings is 2. The van der Waals surface area contributed by atoms with E-state index in [1.54, 1.807) is 6.07 Å². The number of phenolic OH excluding ortho intramolecular Hbond substituents is 1. The maximum atomic E-state index is 13.7. The molecule has 3 amide bonds. The average Bonchev–Trinajstić information content (AvgIpc) is 3.48. The zero-order chi connectivity index (χ0) is 24.5. The van der Waals surface area contributed by atoms with Gasteiger partial charge in [-0.05, 0) is 67.3 Å². The number of aromatic hydroxyl groups is 1. The van der Waals surface area contributed by atoms with Crippen LogP contribution in [0.1, 0.15) is 55.2 Å². The predicted molar refractivity (Wildman–Crippen MR) is 124 cm³/mol. The minimum atomic E-state index is -1.04. The largest absolute Gasteiger partial charge is 0.508 e. The Morgan fingerprint density at radius 3 is 2.54 bits per heavy atom. The van der Waals surface area contributed by atoms with Crippen LogP contribution in [0.4, 0.5) is 18.4 Å². The second kappa shape index (κ2) is 9.81. The first-order valence-electron chi connectivity index (χ1n) is 12.1. The molecule has 1 saturated carbocycles. The third-order valence-corrected chi connectivity index (χ3v) is 7.56. The summed E-state index contributed by atoms with van der Waals surface area (Å²) < 4.78 is 32.1. The van der Waals surface area contributed by atoms with Crippen LogP contribution >= 0.6 is 0 Å². The van der Waals surface area contributed by atoms with Crippen LogP contribution in [0.2, 0.25) is 0 Å². The van der Waals surface area contributed by atoms with Gasteiger partial charge in [0.1, 0.15) is 18.4 Å². The van der Waals surface area contributed by atoms with Gasteiger partial charge in [0.15, 0.2) is 11.6 Å². The van der Waals surface area contributed by atoms with E-state index in [1.807, 2.05) is 18.2 Å². The summed E-state index contributed by atoms with van der Waals surface area (Å²) >= 11 is 0. The number of urea groups is 1. The van der Waals surface area contributed by atoms with E-state index >= 15 is 0 Å². The Morgan fingerprint density at radius 1 is 1.03 bits per heavy atom. The Balaban J connectivity index is 1.16.